The molecule has 0 aliphatic carbocycles. The molecule has 1 fully saturated rings. The minimum absolute atomic E-state index is 0.116. The van der Waals surface area contributed by atoms with Gasteiger partial charge < -0.3 is 19.7 Å². The van der Waals surface area contributed by atoms with Gasteiger partial charge in [-0.25, -0.2) is 9.18 Å². The Morgan fingerprint density at radius 1 is 1.28 bits per heavy atom. The average Bonchev–Trinajstić information content (AvgIpc) is 3.04. The van der Waals surface area contributed by atoms with Crippen LogP contribution in [0.5, 0.6) is 0 Å². The molecule has 134 valence electrons. The molecule has 0 spiro atoms. The second kappa shape index (κ2) is 8.16. The molecule has 2 aromatic rings. The first-order chi connectivity index (χ1) is 12.1. The van der Waals surface area contributed by atoms with Crippen molar-refractivity contribution in [2.45, 2.75) is 44.2 Å². The van der Waals surface area contributed by atoms with Gasteiger partial charge in [0.05, 0.1) is 12.0 Å². The Hall–Kier alpha value is -2.34. The number of carbonyl (C=O) groups is 1. The second-order valence-corrected chi connectivity index (χ2v) is 6.37. The molecule has 0 saturated carbocycles. The van der Waals surface area contributed by atoms with Crippen molar-refractivity contribution in [1.29, 1.82) is 0 Å². The van der Waals surface area contributed by atoms with E-state index in [-0.39, 0.29) is 17.8 Å². The van der Waals surface area contributed by atoms with Gasteiger partial charge in [0.1, 0.15) is 17.7 Å². The number of amides is 2. The maximum atomic E-state index is 13.8. The minimum atomic E-state index is -0.762. The van der Waals surface area contributed by atoms with Gasteiger partial charge in [0.25, 0.3) is 0 Å². The third-order valence-corrected chi connectivity index (χ3v) is 4.62. The summed E-state index contributed by atoms with van der Waals surface area (Å²) < 4.78 is 19.1. The molecule has 1 aliphatic rings. The van der Waals surface area contributed by atoms with Crippen molar-refractivity contribution in [3.63, 3.8) is 0 Å². The van der Waals surface area contributed by atoms with E-state index in [4.69, 9.17) is 4.42 Å². The number of rotatable bonds is 4. The van der Waals surface area contributed by atoms with E-state index in [0.717, 1.165) is 25.7 Å². The zero-order valence-electron chi connectivity index (χ0n) is 14.0. The van der Waals surface area contributed by atoms with E-state index < -0.39 is 11.9 Å². The van der Waals surface area contributed by atoms with Gasteiger partial charge in [-0.3, -0.25) is 0 Å². The van der Waals surface area contributed by atoms with Crippen molar-refractivity contribution in [2.24, 2.45) is 0 Å². The van der Waals surface area contributed by atoms with Crippen LogP contribution in [-0.4, -0.2) is 28.6 Å². The van der Waals surface area contributed by atoms with Gasteiger partial charge in [-0.15, -0.1) is 0 Å². The van der Waals surface area contributed by atoms with Crippen LogP contribution in [0.1, 0.15) is 44.0 Å². The number of urea groups is 1. The molecular formula is C19H23FN2O3. The van der Waals surface area contributed by atoms with E-state index in [2.05, 4.69) is 5.32 Å². The molecule has 5 nitrogen and oxygen atoms in total. The van der Waals surface area contributed by atoms with Crippen molar-refractivity contribution in [2.75, 3.05) is 11.9 Å². The van der Waals surface area contributed by atoms with E-state index in [1.54, 1.807) is 29.2 Å². The first-order valence-corrected chi connectivity index (χ1v) is 8.69. The zero-order chi connectivity index (χ0) is 17.6. The molecule has 3 rings (SSSR count). The maximum Gasteiger partial charge on any atom is 0.322 e. The summed E-state index contributed by atoms with van der Waals surface area (Å²) in [6.07, 6.45) is 4.91. The first kappa shape index (κ1) is 17.5. The highest BCUT2D eigenvalue weighted by molar-refractivity contribution is 5.89. The number of benzene rings is 1. The summed E-state index contributed by atoms with van der Waals surface area (Å²) in [5, 5.41) is 13.0. The van der Waals surface area contributed by atoms with Crippen molar-refractivity contribution in [3.8, 4) is 0 Å². The van der Waals surface area contributed by atoms with Crippen molar-refractivity contribution < 1.29 is 18.7 Å². The number of anilines is 1. The zero-order valence-corrected chi connectivity index (χ0v) is 14.0. The lowest BCUT2D eigenvalue weighted by molar-refractivity contribution is 0.0987. The number of hydrogen-bond acceptors (Lipinski definition) is 3. The summed E-state index contributed by atoms with van der Waals surface area (Å²) in [7, 11) is 0. The number of nitrogens with one attached hydrogen (secondary N) is 1. The van der Waals surface area contributed by atoms with Crippen LogP contribution in [0.2, 0.25) is 0 Å². The Morgan fingerprint density at radius 2 is 2.12 bits per heavy atom. The minimum Gasteiger partial charge on any atom is -0.467 e. The number of hydrogen-bond donors (Lipinski definition) is 2. The number of carbonyl (C=O) groups excluding carboxylic acids is 1. The predicted molar refractivity (Wildman–Crippen MR) is 92.7 cm³/mol. The summed E-state index contributed by atoms with van der Waals surface area (Å²) in [4.78, 5) is 14.4. The second-order valence-electron chi connectivity index (χ2n) is 6.37. The van der Waals surface area contributed by atoms with Gasteiger partial charge >= 0.3 is 6.03 Å². The number of likely N-dealkylation sites (tertiary alicyclic amines) is 1. The third kappa shape index (κ3) is 4.39. The van der Waals surface area contributed by atoms with Crippen LogP contribution in [0.15, 0.2) is 47.1 Å². The van der Waals surface area contributed by atoms with Crippen LogP contribution >= 0.6 is 0 Å². The summed E-state index contributed by atoms with van der Waals surface area (Å²) in [6, 6.07) is 9.13. The van der Waals surface area contributed by atoms with Crippen molar-refractivity contribution in [1.82, 2.24) is 4.90 Å². The topological polar surface area (TPSA) is 65.7 Å². The molecule has 1 aromatic heterocycles. The molecule has 2 amide bonds. The van der Waals surface area contributed by atoms with E-state index in [1.165, 1.54) is 18.4 Å². The lowest BCUT2D eigenvalue weighted by atomic mass is 10.0. The summed E-state index contributed by atoms with van der Waals surface area (Å²) in [6.45, 7) is 0.593. The quantitative estimate of drug-likeness (QED) is 0.866. The molecule has 1 aromatic carbocycles. The fourth-order valence-corrected chi connectivity index (χ4v) is 3.29. The van der Waals surface area contributed by atoms with Crippen LogP contribution in [0, 0.1) is 5.82 Å². The van der Waals surface area contributed by atoms with Crippen LogP contribution in [0.4, 0.5) is 14.9 Å². The number of aliphatic hydroxyl groups is 1. The van der Waals surface area contributed by atoms with E-state index >= 15 is 0 Å². The third-order valence-electron chi connectivity index (χ3n) is 4.62. The van der Waals surface area contributed by atoms with Crippen molar-refractivity contribution in [3.05, 3.63) is 54.2 Å². The molecule has 2 atom stereocenters. The Kier molecular flexibility index (Phi) is 5.71. The molecule has 0 bridgehead atoms. The lowest BCUT2D eigenvalue weighted by Gasteiger charge is -2.31. The Balaban J connectivity index is 1.71. The predicted octanol–water partition coefficient (Wildman–Crippen LogP) is 4.32. The van der Waals surface area contributed by atoms with Crippen LogP contribution in [-0.2, 0) is 0 Å². The van der Waals surface area contributed by atoms with E-state index in [0.29, 0.717) is 18.7 Å². The highest BCUT2D eigenvalue weighted by Crippen LogP contribution is 2.27. The van der Waals surface area contributed by atoms with Gasteiger partial charge in [-0.2, -0.15) is 0 Å². The number of aliphatic hydroxyl groups excluding tert-OH is 1. The standard InChI is InChI=1S/C19H23FN2O3/c20-15-8-3-4-9-16(15)21-19(24)22-11-5-1-2-7-14(22)13-17(23)18-10-6-12-25-18/h3-4,6,8-10,12,14,17,23H,1-2,5,7,11,13H2,(H,21,24)/t14-,17-/m1/s1. The number of halogens is 1. The van der Waals surface area contributed by atoms with Gasteiger partial charge in [0, 0.05) is 19.0 Å². The Morgan fingerprint density at radius 3 is 2.88 bits per heavy atom. The van der Waals surface area contributed by atoms with E-state index in [9.17, 15) is 14.3 Å². The number of nitrogens with zero attached hydrogens (tertiary/aromatic N) is 1. The summed E-state index contributed by atoms with van der Waals surface area (Å²) in [5.41, 5.74) is 0.169. The van der Waals surface area contributed by atoms with Crippen molar-refractivity contribution >= 4 is 11.7 Å². The van der Waals surface area contributed by atoms with Crippen LogP contribution in [0.25, 0.3) is 0 Å². The Labute approximate surface area is 146 Å². The van der Waals surface area contributed by atoms with Crippen LogP contribution < -0.4 is 5.32 Å². The van der Waals surface area contributed by atoms with Gasteiger partial charge in [-0.05, 0) is 37.1 Å². The Bertz CT molecular complexity index is 690. The smallest absolute Gasteiger partial charge is 0.322 e. The molecule has 1 saturated heterocycles. The highest BCUT2D eigenvalue weighted by Gasteiger charge is 2.29. The average molecular weight is 346 g/mol. The number of para-hydroxylation sites is 1. The van der Waals surface area contributed by atoms with Gasteiger partial charge in [0.2, 0.25) is 0 Å². The molecule has 1 aliphatic heterocycles. The lowest BCUT2D eigenvalue weighted by Crippen LogP contribution is -2.43. The van der Waals surface area contributed by atoms with E-state index in [1.807, 2.05) is 0 Å². The first-order valence-electron chi connectivity index (χ1n) is 8.69. The molecule has 0 radical (unpaired) electrons. The summed E-state index contributed by atoms with van der Waals surface area (Å²) in [5.74, 6) is 0.0385. The maximum absolute atomic E-state index is 13.8. The molecule has 25 heavy (non-hydrogen) atoms. The monoisotopic (exact) mass is 346 g/mol. The van der Waals surface area contributed by atoms with Gasteiger partial charge in [0.15, 0.2) is 0 Å². The summed E-state index contributed by atoms with van der Waals surface area (Å²) >= 11 is 0. The molecular weight excluding hydrogens is 323 g/mol. The highest BCUT2D eigenvalue weighted by atomic mass is 19.1. The molecule has 2 N–H and O–H groups in total. The molecule has 2 heterocycles. The number of furan rings is 1. The molecule has 6 heteroatoms. The molecule has 0 unspecified atom stereocenters. The SMILES string of the molecule is O=C(Nc1ccccc1F)N1CCCCC[C@@H]1C[C@@H](O)c1ccco1. The van der Waals surface area contributed by atoms with Crippen LogP contribution in [0.3, 0.4) is 0 Å². The fraction of sp³-hybridized carbons (Fsp3) is 0.421. The largest absolute Gasteiger partial charge is 0.467 e. The van der Waals surface area contributed by atoms with Gasteiger partial charge in [-0.1, -0.05) is 25.0 Å². The normalized spacial score (nSPS) is 19.3. The fourth-order valence-electron chi connectivity index (χ4n) is 3.29.